The number of anilines is 1. The van der Waals surface area contributed by atoms with Crippen LogP contribution >= 0.6 is 0 Å². The van der Waals surface area contributed by atoms with Gasteiger partial charge >= 0.3 is 0 Å². The molecule has 2 aromatic heterocycles. The van der Waals surface area contributed by atoms with Crippen molar-refractivity contribution in [3.05, 3.63) is 54.8 Å². The van der Waals surface area contributed by atoms with E-state index in [1.807, 2.05) is 16.8 Å². The molecule has 2 aliphatic rings. The molecule has 1 atom stereocenters. The highest BCUT2D eigenvalue weighted by molar-refractivity contribution is 6.00. The number of hydrogen-bond donors (Lipinski definition) is 2. The van der Waals surface area contributed by atoms with Gasteiger partial charge in [0.25, 0.3) is 0 Å². The number of aliphatic imine (C=N–C) groups is 1. The first-order valence-corrected chi connectivity index (χ1v) is 8.49. The summed E-state index contributed by atoms with van der Waals surface area (Å²) in [4.78, 5) is 13.0. The Hall–Kier alpha value is -2.89. The van der Waals surface area contributed by atoms with Gasteiger partial charge in [-0.2, -0.15) is 0 Å². The van der Waals surface area contributed by atoms with Gasteiger partial charge in [0.1, 0.15) is 23.6 Å². The fraction of sp³-hybridized carbons (Fsp3) is 0.263. The van der Waals surface area contributed by atoms with Gasteiger partial charge in [-0.15, -0.1) is 0 Å². The molecule has 1 aromatic carbocycles. The molecule has 1 fully saturated rings. The molecule has 1 saturated carbocycles. The SMILES string of the molecule is [CH2]C(c1ccc2c(c1)N=C(N)C21CCC1)n1ccc2c(N)ncnc21. The van der Waals surface area contributed by atoms with Crippen molar-refractivity contribution in [2.75, 3.05) is 5.73 Å². The summed E-state index contributed by atoms with van der Waals surface area (Å²) in [7, 11) is 0. The average molecular weight is 331 g/mol. The van der Waals surface area contributed by atoms with Gasteiger partial charge in [-0.1, -0.05) is 18.6 Å². The van der Waals surface area contributed by atoms with Gasteiger partial charge in [0.15, 0.2) is 0 Å². The van der Waals surface area contributed by atoms with Crippen LogP contribution in [0, 0.1) is 6.92 Å². The molecule has 1 radical (unpaired) electrons. The quantitative estimate of drug-likeness (QED) is 0.755. The minimum absolute atomic E-state index is 0.00759. The van der Waals surface area contributed by atoms with Gasteiger partial charge in [0.2, 0.25) is 0 Å². The molecule has 0 amide bonds. The van der Waals surface area contributed by atoms with Crippen molar-refractivity contribution in [2.24, 2.45) is 10.7 Å². The number of nitrogens with zero attached hydrogens (tertiary/aromatic N) is 4. The van der Waals surface area contributed by atoms with Crippen LogP contribution in [0.5, 0.6) is 0 Å². The maximum atomic E-state index is 6.24. The topological polar surface area (TPSA) is 95.1 Å². The molecule has 125 valence electrons. The van der Waals surface area contributed by atoms with E-state index in [1.165, 1.54) is 18.3 Å². The highest BCUT2D eigenvalue weighted by Gasteiger charge is 2.47. The van der Waals surface area contributed by atoms with E-state index < -0.39 is 0 Å². The van der Waals surface area contributed by atoms with Gasteiger partial charge in [-0.25, -0.2) is 15.0 Å². The first-order chi connectivity index (χ1) is 12.1. The second-order valence-electron chi connectivity index (χ2n) is 6.94. The Kier molecular flexibility index (Phi) is 2.78. The fourth-order valence-corrected chi connectivity index (χ4v) is 4.09. The molecule has 1 aliphatic carbocycles. The third-order valence-electron chi connectivity index (χ3n) is 5.74. The third-order valence-corrected chi connectivity index (χ3v) is 5.74. The van der Waals surface area contributed by atoms with Crippen molar-refractivity contribution in [2.45, 2.75) is 30.7 Å². The summed E-state index contributed by atoms with van der Waals surface area (Å²) in [6.07, 6.45) is 6.84. The lowest BCUT2D eigenvalue weighted by Crippen LogP contribution is -2.44. The van der Waals surface area contributed by atoms with Crippen molar-refractivity contribution in [1.82, 2.24) is 14.5 Å². The zero-order chi connectivity index (χ0) is 17.2. The zero-order valence-electron chi connectivity index (χ0n) is 13.8. The smallest absolute Gasteiger partial charge is 0.146 e. The zero-order valence-corrected chi connectivity index (χ0v) is 13.8. The van der Waals surface area contributed by atoms with Crippen LogP contribution in [0.2, 0.25) is 0 Å². The second-order valence-corrected chi connectivity index (χ2v) is 6.94. The molecule has 6 nitrogen and oxygen atoms in total. The van der Waals surface area contributed by atoms with Gasteiger partial charge in [0, 0.05) is 6.20 Å². The minimum atomic E-state index is -0.133. The molecule has 25 heavy (non-hydrogen) atoms. The number of nitrogen functional groups attached to an aromatic ring is 1. The van der Waals surface area contributed by atoms with Crippen LogP contribution in [0.4, 0.5) is 11.5 Å². The van der Waals surface area contributed by atoms with E-state index in [0.717, 1.165) is 41.0 Å². The van der Waals surface area contributed by atoms with Crippen LogP contribution in [0.3, 0.4) is 0 Å². The van der Waals surface area contributed by atoms with Crippen LogP contribution < -0.4 is 11.5 Å². The molecule has 6 heteroatoms. The van der Waals surface area contributed by atoms with Gasteiger partial charge in [0.05, 0.1) is 22.5 Å². The van der Waals surface area contributed by atoms with Crippen molar-refractivity contribution in [3.8, 4) is 0 Å². The van der Waals surface area contributed by atoms with Gasteiger partial charge < -0.3 is 16.0 Å². The van der Waals surface area contributed by atoms with E-state index in [4.69, 9.17) is 11.5 Å². The Bertz CT molecular complexity index is 1030. The number of hydrogen-bond acceptors (Lipinski definition) is 5. The first kappa shape index (κ1) is 14.5. The first-order valence-electron chi connectivity index (χ1n) is 8.49. The Morgan fingerprint density at radius 1 is 1.16 bits per heavy atom. The summed E-state index contributed by atoms with van der Waals surface area (Å²) in [6, 6.07) is 8.19. The monoisotopic (exact) mass is 331 g/mol. The van der Waals surface area contributed by atoms with Gasteiger partial charge in [-0.05, 0) is 43.0 Å². The summed E-state index contributed by atoms with van der Waals surface area (Å²) in [5.41, 5.74) is 16.3. The number of nitrogens with two attached hydrogens (primary N) is 2. The summed E-state index contributed by atoms with van der Waals surface area (Å²) < 4.78 is 2.01. The molecule has 1 spiro atoms. The van der Waals surface area contributed by atoms with E-state index in [0.29, 0.717) is 5.82 Å². The number of rotatable bonds is 2. The highest BCUT2D eigenvalue weighted by atomic mass is 15.1. The number of aromatic nitrogens is 3. The summed E-state index contributed by atoms with van der Waals surface area (Å²) in [5, 5.41) is 0.841. The molecule has 4 N–H and O–H groups in total. The lowest BCUT2D eigenvalue weighted by Gasteiger charge is -2.38. The van der Waals surface area contributed by atoms with Crippen LogP contribution in [-0.2, 0) is 5.41 Å². The largest absolute Gasteiger partial charge is 0.386 e. The lowest BCUT2D eigenvalue weighted by molar-refractivity contribution is 0.344. The van der Waals surface area contributed by atoms with Crippen LogP contribution in [-0.4, -0.2) is 20.4 Å². The molecular formula is C19H19N6. The standard InChI is InChI=1S/C19H19N6/c1-11(25-8-5-13-16(20)22-10-23-17(13)25)12-3-4-14-15(9-12)24-18(21)19(14)6-2-7-19/h3-5,8-11H,1-2,6-7H2,(H2,21,24)(H2,20,22,23). The molecule has 0 bridgehead atoms. The molecule has 0 saturated heterocycles. The maximum absolute atomic E-state index is 6.24. The molecular weight excluding hydrogens is 312 g/mol. The van der Waals surface area contributed by atoms with E-state index in [1.54, 1.807) is 0 Å². The van der Waals surface area contributed by atoms with E-state index in [9.17, 15) is 0 Å². The Balaban J connectivity index is 1.58. The van der Waals surface area contributed by atoms with Crippen molar-refractivity contribution >= 4 is 28.4 Å². The summed E-state index contributed by atoms with van der Waals surface area (Å²) in [5.74, 6) is 1.24. The molecule has 1 aliphatic heterocycles. The normalized spacial score (nSPS) is 18.8. The predicted octanol–water partition coefficient (Wildman–Crippen LogP) is 2.86. The van der Waals surface area contributed by atoms with Crippen molar-refractivity contribution in [1.29, 1.82) is 0 Å². The van der Waals surface area contributed by atoms with Gasteiger partial charge in [-0.3, -0.25) is 0 Å². The number of benzene rings is 1. The summed E-state index contributed by atoms with van der Waals surface area (Å²) >= 11 is 0. The van der Waals surface area contributed by atoms with Crippen molar-refractivity contribution in [3.63, 3.8) is 0 Å². The third kappa shape index (κ3) is 1.82. The molecule has 3 aromatic rings. The van der Waals surface area contributed by atoms with Crippen molar-refractivity contribution < 1.29 is 0 Å². The average Bonchev–Trinajstić information content (AvgIpc) is 3.12. The Morgan fingerprint density at radius 3 is 2.76 bits per heavy atom. The fourth-order valence-electron chi connectivity index (χ4n) is 4.09. The van der Waals surface area contributed by atoms with E-state index in [2.05, 4.69) is 40.1 Å². The Morgan fingerprint density at radius 2 is 2.00 bits per heavy atom. The molecule has 1 unspecified atom stereocenters. The Labute approximate surface area is 145 Å². The maximum Gasteiger partial charge on any atom is 0.146 e. The van der Waals surface area contributed by atoms with Crippen LogP contribution in [0.1, 0.15) is 36.4 Å². The number of amidine groups is 1. The van der Waals surface area contributed by atoms with Crippen LogP contribution in [0.15, 0.2) is 41.8 Å². The highest BCUT2D eigenvalue weighted by Crippen LogP contribution is 2.51. The molecule has 3 heterocycles. The number of fused-ring (bicyclic) bond motifs is 3. The van der Waals surface area contributed by atoms with E-state index in [-0.39, 0.29) is 11.5 Å². The van der Waals surface area contributed by atoms with E-state index >= 15 is 0 Å². The minimum Gasteiger partial charge on any atom is -0.386 e. The lowest BCUT2D eigenvalue weighted by atomic mass is 9.64. The second kappa shape index (κ2) is 4.81. The summed E-state index contributed by atoms with van der Waals surface area (Å²) in [6.45, 7) is 4.33. The molecule has 5 rings (SSSR count). The predicted molar refractivity (Wildman–Crippen MR) is 98.7 cm³/mol. The van der Waals surface area contributed by atoms with Crippen LogP contribution in [0.25, 0.3) is 11.0 Å².